The predicted molar refractivity (Wildman–Crippen MR) is 51.4 cm³/mol. The summed E-state index contributed by atoms with van der Waals surface area (Å²) in [6.07, 6.45) is 0.305. The van der Waals surface area contributed by atoms with Crippen LogP contribution in [-0.2, 0) is 9.84 Å². The summed E-state index contributed by atoms with van der Waals surface area (Å²) < 4.78 is 22.3. The van der Waals surface area contributed by atoms with Crippen molar-refractivity contribution in [2.24, 2.45) is 0 Å². The van der Waals surface area contributed by atoms with Crippen molar-refractivity contribution < 1.29 is 13.5 Å². The van der Waals surface area contributed by atoms with Crippen molar-refractivity contribution >= 4 is 9.84 Å². The molecule has 0 aliphatic carbocycles. The summed E-state index contributed by atoms with van der Waals surface area (Å²) in [5.41, 5.74) is 0. The largest absolute Gasteiger partial charge is 0.392 e. The van der Waals surface area contributed by atoms with Gasteiger partial charge in [0.1, 0.15) is 0 Å². The Balaban J connectivity index is 2.47. The van der Waals surface area contributed by atoms with Gasteiger partial charge in [0.05, 0.1) is 17.6 Å². The second-order valence-corrected chi connectivity index (χ2v) is 6.07. The summed E-state index contributed by atoms with van der Waals surface area (Å²) in [5, 5.41) is 9.12. The first kappa shape index (κ1) is 10.9. The van der Waals surface area contributed by atoms with Gasteiger partial charge in [-0.15, -0.1) is 0 Å². The third kappa shape index (κ3) is 3.25. The molecule has 0 aromatic carbocycles. The van der Waals surface area contributed by atoms with Crippen LogP contribution in [0.15, 0.2) is 0 Å². The molecule has 0 bridgehead atoms. The molecule has 1 heterocycles. The fraction of sp³-hybridized carbons (Fsp3) is 1.00. The quantitative estimate of drug-likeness (QED) is 0.677. The third-order valence-corrected chi connectivity index (χ3v) is 4.13. The Hall–Kier alpha value is -0.130. The summed E-state index contributed by atoms with van der Waals surface area (Å²) >= 11 is 0. The van der Waals surface area contributed by atoms with E-state index in [1.165, 1.54) is 0 Å². The lowest BCUT2D eigenvalue weighted by molar-refractivity contribution is 0.123. The van der Waals surface area contributed by atoms with E-state index in [0.717, 1.165) is 0 Å². The van der Waals surface area contributed by atoms with E-state index < -0.39 is 15.9 Å². The Morgan fingerprint density at radius 3 is 2.62 bits per heavy atom. The van der Waals surface area contributed by atoms with E-state index in [1.54, 1.807) is 6.92 Å². The highest BCUT2D eigenvalue weighted by Crippen LogP contribution is 2.16. The van der Waals surface area contributed by atoms with Crippen molar-refractivity contribution in [3.05, 3.63) is 0 Å². The van der Waals surface area contributed by atoms with Crippen LogP contribution in [-0.4, -0.2) is 55.7 Å². The number of sulfone groups is 1. The predicted octanol–water partition coefficient (Wildman–Crippen LogP) is -0.514. The molecule has 0 aromatic heterocycles. The van der Waals surface area contributed by atoms with Crippen LogP contribution in [0.3, 0.4) is 0 Å². The molecule has 1 unspecified atom stereocenters. The minimum atomic E-state index is -2.80. The van der Waals surface area contributed by atoms with Crippen LogP contribution in [0, 0.1) is 0 Å². The van der Waals surface area contributed by atoms with Crippen LogP contribution in [0.2, 0.25) is 0 Å². The van der Waals surface area contributed by atoms with E-state index in [2.05, 4.69) is 0 Å². The molecule has 0 spiro atoms. The topological polar surface area (TPSA) is 57.6 Å². The molecule has 1 rings (SSSR count). The molecule has 1 saturated heterocycles. The first-order valence-corrected chi connectivity index (χ1v) is 6.31. The van der Waals surface area contributed by atoms with E-state index in [1.807, 2.05) is 11.9 Å². The van der Waals surface area contributed by atoms with Gasteiger partial charge in [0.15, 0.2) is 9.84 Å². The van der Waals surface area contributed by atoms with E-state index in [0.29, 0.717) is 18.7 Å². The van der Waals surface area contributed by atoms with Crippen LogP contribution in [0.1, 0.15) is 13.3 Å². The van der Waals surface area contributed by atoms with E-state index in [9.17, 15) is 8.42 Å². The van der Waals surface area contributed by atoms with Gasteiger partial charge < -0.3 is 5.11 Å². The number of rotatable bonds is 3. The average molecular weight is 207 g/mol. The molecule has 0 saturated carbocycles. The molecule has 1 fully saturated rings. The van der Waals surface area contributed by atoms with Crippen molar-refractivity contribution in [2.45, 2.75) is 25.5 Å². The van der Waals surface area contributed by atoms with Crippen molar-refractivity contribution in [3.63, 3.8) is 0 Å². The molecule has 1 aliphatic rings. The van der Waals surface area contributed by atoms with Gasteiger partial charge in [-0.25, -0.2) is 8.42 Å². The Labute approximate surface area is 79.5 Å². The first-order chi connectivity index (χ1) is 5.91. The maximum Gasteiger partial charge on any atom is 0.151 e. The highest BCUT2D eigenvalue weighted by molar-refractivity contribution is 7.91. The molecule has 1 aliphatic heterocycles. The third-order valence-electron chi connectivity index (χ3n) is 2.38. The molecule has 5 heteroatoms. The van der Waals surface area contributed by atoms with Crippen molar-refractivity contribution in [2.75, 3.05) is 25.1 Å². The summed E-state index contributed by atoms with van der Waals surface area (Å²) in [5.74, 6) is 0.540. The van der Waals surface area contributed by atoms with E-state index >= 15 is 0 Å². The van der Waals surface area contributed by atoms with Crippen molar-refractivity contribution in [1.29, 1.82) is 0 Å². The number of aliphatic hydroxyl groups is 1. The zero-order valence-electron chi connectivity index (χ0n) is 8.10. The SMILES string of the molecule is C[C@@H](O)CN(C)C1CCS(=O)(=O)C1. The fourth-order valence-electron chi connectivity index (χ4n) is 1.69. The average Bonchev–Trinajstić information content (AvgIpc) is 2.28. The van der Waals surface area contributed by atoms with Gasteiger partial charge in [0.25, 0.3) is 0 Å². The van der Waals surface area contributed by atoms with E-state index in [-0.39, 0.29) is 11.8 Å². The molecule has 78 valence electrons. The standard InChI is InChI=1S/C8H17NO3S/c1-7(10)5-9(2)8-3-4-13(11,12)6-8/h7-8,10H,3-6H2,1-2H3/t7-,8?/m1/s1. The monoisotopic (exact) mass is 207 g/mol. The Kier molecular flexibility index (Phi) is 3.32. The van der Waals surface area contributed by atoms with Crippen LogP contribution in [0.5, 0.6) is 0 Å². The first-order valence-electron chi connectivity index (χ1n) is 4.49. The molecule has 0 amide bonds. The second kappa shape index (κ2) is 3.94. The molecule has 13 heavy (non-hydrogen) atoms. The molecule has 0 radical (unpaired) electrons. The maximum absolute atomic E-state index is 11.1. The second-order valence-electron chi connectivity index (χ2n) is 3.85. The minimum absolute atomic E-state index is 0.0969. The van der Waals surface area contributed by atoms with Crippen molar-refractivity contribution in [1.82, 2.24) is 4.90 Å². The van der Waals surface area contributed by atoms with Gasteiger partial charge in [-0.3, -0.25) is 4.90 Å². The number of aliphatic hydroxyl groups excluding tert-OH is 1. The number of likely N-dealkylation sites (N-methyl/N-ethyl adjacent to an activating group) is 1. The normalized spacial score (nSPS) is 29.4. The smallest absolute Gasteiger partial charge is 0.151 e. The maximum atomic E-state index is 11.1. The number of hydrogen-bond acceptors (Lipinski definition) is 4. The van der Waals surface area contributed by atoms with Gasteiger partial charge in [0, 0.05) is 12.6 Å². The highest BCUT2D eigenvalue weighted by atomic mass is 32.2. The molecule has 0 aromatic rings. The summed E-state index contributed by atoms with van der Waals surface area (Å²) in [6, 6.07) is 0.0969. The van der Waals surface area contributed by atoms with Crippen LogP contribution >= 0.6 is 0 Å². The lowest BCUT2D eigenvalue weighted by atomic mass is 10.2. The van der Waals surface area contributed by atoms with Crippen LogP contribution < -0.4 is 0 Å². The van der Waals surface area contributed by atoms with Crippen LogP contribution in [0.25, 0.3) is 0 Å². The summed E-state index contributed by atoms with van der Waals surface area (Å²) in [6.45, 7) is 2.25. The van der Waals surface area contributed by atoms with Gasteiger partial charge in [-0.05, 0) is 20.4 Å². The van der Waals surface area contributed by atoms with E-state index in [4.69, 9.17) is 5.11 Å². The Morgan fingerprint density at radius 2 is 2.23 bits per heavy atom. The van der Waals surface area contributed by atoms with Gasteiger partial charge in [-0.2, -0.15) is 0 Å². The highest BCUT2D eigenvalue weighted by Gasteiger charge is 2.30. The zero-order valence-corrected chi connectivity index (χ0v) is 8.92. The number of hydrogen-bond donors (Lipinski definition) is 1. The molecule has 2 atom stereocenters. The zero-order chi connectivity index (χ0) is 10.1. The Morgan fingerprint density at radius 1 is 1.62 bits per heavy atom. The lowest BCUT2D eigenvalue weighted by Gasteiger charge is -2.24. The van der Waals surface area contributed by atoms with Crippen LogP contribution in [0.4, 0.5) is 0 Å². The summed E-state index contributed by atoms with van der Waals surface area (Å²) in [4.78, 5) is 1.93. The molecule has 1 N–H and O–H groups in total. The lowest BCUT2D eigenvalue weighted by Crippen LogP contribution is -2.37. The fourth-order valence-corrected chi connectivity index (χ4v) is 3.49. The van der Waals surface area contributed by atoms with Gasteiger partial charge in [0.2, 0.25) is 0 Å². The minimum Gasteiger partial charge on any atom is -0.392 e. The van der Waals surface area contributed by atoms with Crippen molar-refractivity contribution in [3.8, 4) is 0 Å². The van der Waals surface area contributed by atoms with Gasteiger partial charge >= 0.3 is 0 Å². The molecular weight excluding hydrogens is 190 g/mol. The number of nitrogens with zero attached hydrogens (tertiary/aromatic N) is 1. The molecule has 4 nitrogen and oxygen atoms in total. The Bertz CT molecular complexity index is 261. The summed E-state index contributed by atoms with van der Waals surface area (Å²) in [7, 11) is -0.940. The van der Waals surface area contributed by atoms with Gasteiger partial charge in [-0.1, -0.05) is 0 Å². The molecular formula is C8H17NO3S.